The maximum atomic E-state index is 12.2. The summed E-state index contributed by atoms with van der Waals surface area (Å²) in [5, 5.41) is 9.22. The Hall–Kier alpha value is -0.950. The third kappa shape index (κ3) is 5.39. The molecule has 1 rings (SSSR count). The average molecular weight is 314 g/mol. The van der Waals surface area contributed by atoms with Gasteiger partial charge in [0.05, 0.1) is 11.5 Å². The monoisotopic (exact) mass is 314 g/mol. The van der Waals surface area contributed by atoms with Gasteiger partial charge in [0.1, 0.15) is 0 Å². The average Bonchev–Trinajstić information content (AvgIpc) is 2.43. The molecule has 0 bridgehead atoms. The second kappa shape index (κ2) is 7.89. The van der Waals surface area contributed by atoms with Crippen molar-refractivity contribution in [2.45, 2.75) is 44.7 Å². The van der Waals surface area contributed by atoms with Crippen molar-refractivity contribution < 1.29 is 13.5 Å². The van der Waals surface area contributed by atoms with E-state index in [0.717, 1.165) is 18.5 Å². The predicted molar refractivity (Wildman–Crippen MR) is 84.7 cm³/mol. The largest absolute Gasteiger partial charge is 0.392 e. The zero-order valence-corrected chi connectivity index (χ0v) is 14.1. The van der Waals surface area contributed by atoms with Crippen LogP contribution in [0.25, 0.3) is 0 Å². The summed E-state index contributed by atoms with van der Waals surface area (Å²) in [4.78, 5) is 2.37. The van der Waals surface area contributed by atoms with E-state index in [1.165, 1.54) is 6.07 Å². The van der Waals surface area contributed by atoms with E-state index in [9.17, 15) is 13.5 Å². The smallest absolute Gasteiger partial charge is 0.240 e. The number of aliphatic hydroxyl groups excluding tert-OH is 1. The summed E-state index contributed by atoms with van der Waals surface area (Å²) in [7, 11) is -1.49. The molecule has 1 aromatic carbocycles. The molecule has 120 valence electrons. The lowest BCUT2D eigenvalue weighted by Gasteiger charge is -2.20. The topological polar surface area (TPSA) is 69.6 Å². The van der Waals surface area contributed by atoms with Crippen LogP contribution in [0.1, 0.15) is 31.4 Å². The molecular weight excluding hydrogens is 288 g/mol. The quantitative estimate of drug-likeness (QED) is 0.713. The highest BCUT2D eigenvalue weighted by molar-refractivity contribution is 7.89. The fourth-order valence-corrected chi connectivity index (χ4v) is 2.99. The van der Waals surface area contributed by atoms with Gasteiger partial charge in [0, 0.05) is 12.6 Å². The molecule has 0 atom stereocenters. The molecule has 6 heteroatoms. The van der Waals surface area contributed by atoms with Crippen LogP contribution in [0.3, 0.4) is 0 Å². The number of aryl methyl sites for hydroxylation is 1. The Bertz CT molecular complexity index is 556. The van der Waals surface area contributed by atoms with E-state index >= 15 is 0 Å². The van der Waals surface area contributed by atoms with Gasteiger partial charge < -0.3 is 10.0 Å². The molecule has 0 radical (unpaired) electrons. The van der Waals surface area contributed by atoms with Gasteiger partial charge >= 0.3 is 0 Å². The Labute approximate surface area is 128 Å². The Morgan fingerprint density at radius 1 is 1.33 bits per heavy atom. The van der Waals surface area contributed by atoms with Gasteiger partial charge in [-0.3, -0.25) is 0 Å². The molecule has 0 aromatic heterocycles. The highest BCUT2D eigenvalue weighted by Gasteiger charge is 2.14. The van der Waals surface area contributed by atoms with Crippen molar-refractivity contribution in [2.24, 2.45) is 0 Å². The molecule has 0 fully saturated rings. The van der Waals surface area contributed by atoms with Crippen molar-refractivity contribution in [1.29, 1.82) is 0 Å². The molecule has 2 N–H and O–H groups in total. The van der Waals surface area contributed by atoms with Gasteiger partial charge in [-0.25, -0.2) is 13.1 Å². The summed E-state index contributed by atoms with van der Waals surface area (Å²) in [6.07, 6.45) is 0.757. The maximum Gasteiger partial charge on any atom is 0.240 e. The molecule has 0 aliphatic carbocycles. The first-order valence-electron chi connectivity index (χ1n) is 7.18. The van der Waals surface area contributed by atoms with E-state index in [2.05, 4.69) is 23.5 Å². The second-order valence-corrected chi connectivity index (χ2v) is 7.34. The highest BCUT2D eigenvalue weighted by atomic mass is 32.2. The summed E-state index contributed by atoms with van der Waals surface area (Å²) < 4.78 is 27.0. The SMILES string of the molecule is Cc1ccc(S(=O)(=O)NCCCN(C)C(C)C)cc1CO. The molecule has 1 aromatic rings. The normalized spacial score (nSPS) is 12.3. The van der Waals surface area contributed by atoms with Crippen LogP contribution in [-0.2, 0) is 16.6 Å². The van der Waals surface area contributed by atoms with Crippen molar-refractivity contribution in [2.75, 3.05) is 20.1 Å². The third-order valence-corrected chi connectivity index (χ3v) is 5.12. The van der Waals surface area contributed by atoms with Crippen LogP contribution < -0.4 is 4.72 Å². The number of aliphatic hydroxyl groups is 1. The van der Waals surface area contributed by atoms with Crippen LogP contribution in [0.2, 0.25) is 0 Å². The molecule has 0 heterocycles. The summed E-state index contributed by atoms with van der Waals surface area (Å²) in [5.74, 6) is 0. The van der Waals surface area contributed by atoms with E-state index < -0.39 is 10.0 Å². The Morgan fingerprint density at radius 3 is 2.57 bits per heavy atom. The number of nitrogens with zero attached hydrogens (tertiary/aromatic N) is 1. The van der Waals surface area contributed by atoms with Crippen LogP contribution >= 0.6 is 0 Å². The number of hydrogen-bond donors (Lipinski definition) is 2. The number of hydrogen-bond acceptors (Lipinski definition) is 4. The van der Waals surface area contributed by atoms with Gasteiger partial charge in [-0.2, -0.15) is 0 Å². The first-order chi connectivity index (χ1) is 9.77. The standard InChI is InChI=1S/C15H26N2O3S/c1-12(2)17(4)9-5-8-16-21(19,20)15-7-6-13(3)14(10-15)11-18/h6-7,10,12,16,18H,5,8-9,11H2,1-4H3. The van der Waals surface area contributed by atoms with E-state index in [1.807, 2.05) is 14.0 Å². The minimum atomic E-state index is -3.51. The van der Waals surface area contributed by atoms with Crippen LogP contribution in [0, 0.1) is 6.92 Å². The van der Waals surface area contributed by atoms with Gasteiger partial charge in [-0.05, 0) is 64.0 Å². The number of sulfonamides is 1. The van der Waals surface area contributed by atoms with Crippen LogP contribution in [0.4, 0.5) is 0 Å². The van der Waals surface area contributed by atoms with E-state index in [4.69, 9.17) is 0 Å². The molecule has 0 unspecified atom stereocenters. The van der Waals surface area contributed by atoms with Gasteiger partial charge in [-0.15, -0.1) is 0 Å². The minimum absolute atomic E-state index is 0.158. The molecular formula is C15H26N2O3S. The Balaban J connectivity index is 2.62. The van der Waals surface area contributed by atoms with Crippen LogP contribution in [0.5, 0.6) is 0 Å². The summed E-state index contributed by atoms with van der Waals surface area (Å²) in [5.41, 5.74) is 1.52. The molecule has 0 saturated heterocycles. The first-order valence-corrected chi connectivity index (χ1v) is 8.66. The molecule has 21 heavy (non-hydrogen) atoms. The van der Waals surface area contributed by atoms with Gasteiger partial charge in [0.15, 0.2) is 0 Å². The van der Waals surface area contributed by atoms with Gasteiger partial charge in [-0.1, -0.05) is 6.07 Å². The summed E-state index contributed by atoms with van der Waals surface area (Å²) >= 11 is 0. The van der Waals surface area contributed by atoms with Crippen molar-refractivity contribution in [3.8, 4) is 0 Å². The molecule has 0 spiro atoms. The van der Waals surface area contributed by atoms with Crippen molar-refractivity contribution in [1.82, 2.24) is 9.62 Å². The first kappa shape index (κ1) is 18.1. The fraction of sp³-hybridized carbons (Fsp3) is 0.600. The van der Waals surface area contributed by atoms with Gasteiger partial charge in [0.25, 0.3) is 0 Å². The van der Waals surface area contributed by atoms with E-state index in [0.29, 0.717) is 18.2 Å². The minimum Gasteiger partial charge on any atom is -0.392 e. The number of rotatable bonds is 8. The molecule has 5 nitrogen and oxygen atoms in total. The lowest BCUT2D eigenvalue weighted by Crippen LogP contribution is -2.31. The van der Waals surface area contributed by atoms with E-state index in [-0.39, 0.29) is 11.5 Å². The van der Waals surface area contributed by atoms with Gasteiger partial charge in [0.2, 0.25) is 10.0 Å². The summed E-state index contributed by atoms with van der Waals surface area (Å²) in [6, 6.07) is 5.26. The molecule has 0 amide bonds. The predicted octanol–water partition coefficient (Wildman–Crippen LogP) is 1.50. The lowest BCUT2D eigenvalue weighted by atomic mass is 10.1. The summed E-state index contributed by atoms with van der Waals surface area (Å²) in [6.45, 7) is 7.14. The Morgan fingerprint density at radius 2 is 2.00 bits per heavy atom. The maximum absolute atomic E-state index is 12.2. The zero-order chi connectivity index (χ0) is 16.0. The fourth-order valence-electron chi connectivity index (χ4n) is 1.86. The van der Waals surface area contributed by atoms with E-state index in [1.54, 1.807) is 12.1 Å². The third-order valence-electron chi connectivity index (χ3n) is 3.66. The van der Waals surface area contributed by atoms with Crippen LogP contribution in [-0.4, -0.2) is 44.6 Å². The van der Waals surface area contributed by atoms with Crippen molar-refractivity contribution >= 4 is 10.0 Å². The second-order valence-electron chi connectivity index (χ2n) is 5.57. The number of benzene rings is 1. The molecule has 0 aliphatic heterocycles. The highest BCUT2D eigenvalue weighted by Crippen LogP contribution is 2.15. The van der Waals surface area contributed by atoms with Crippen molar-refractivity contribution in [3.05, 3.63) is 29.3 Å². The van der Waals surface area contributed by atoms with Crippen molar-refractivity contribution in [3.63, 3.8) is 0 Å². The Kier molecular flexibility index (Phi) is 6.80. The molecule has 0 saturated carbocycles. The number of nitrogens with one attached hydrogen (secondary N) is 1. The molecule has 0 aliphatic rings. The lowest BCUT2D eigenvalue weighted by molar-refractivity contribution is 0.271. The van der Waals surface area contributed by atoms with Crippen LogP contribution in [0.15, 0.2) is 23.1 Å². The zero-order valence-electron chi connectivity index (χ0n) is 13.3.